The standard InChI is InChI=1S/C17H13N3OS2/c1-21-14-6-4-13(5-7-14)19-10-12(9-18)17-20-15(11-23-17)16-3-2-8-22-16/h2-8,10-11,19H,1H3/b12-10-. The first-order valence-electron chi connectivity index (χ1n) is 6.81. The van der Waals surface area contributed by atoms with E-state index in [2.05, 4.69) is 16.4 Å². The Morgan fingerprint density at radius 1 is 1.26 bits per heavy atom. The van der Waals surface area contributed by atoms with E-state index in [4.69, 9.17) is 4.74 Å². The molecule has 0 aliphatic heterocycles. The third-order valence-electron chi connectivity index (χ3n) is 3.10. The molecule has 3 rings (SSSR count). The summed E-state index contributed by atoms with van der Waals surface area (Å²) in [6.07, 6.45) is 1.68. The molecule has 0 saturated carbocycles. The first-order valence-corrected chi connectivity index (χ1v) is 8.56. The Labute approximate surface area is 142 Å². The van der Waals surface area contributed by atoms with Crippen molar-refractivity contribution in [3.63, 3.8) is 0 Å². The Hall–Kier alpha value is -2.62. The number of nitrogens with one attached hydrogen (secondary N) is 1. The molecule has 23 heavy (non-hydrogen) atoms. The lowest BCUT2D eigenvalue weighted by molar-refractivity contribution is 0.415. The Morgan fingerprint density at radius 3 is 2.74 bits per heavy atom. The number of aromatic nitrogens is 1. The fourth-order valence-corrected chi connectivity index (χ4v) is 3.47. The van der Waals surface area contributed by atoms with Crippen molar-refractivity contribution < 1.29 is 4.74 Å². The second-order valence-corrected chi connectivity index (χ2v) is 6.36. The van der Waals surface area contributed by atoms with Crippen LogP contribution in [0.5, 0.6) is 5.75 Å². The van der Waals surface area contributed by atoms with E-state index in [-0.39, 0.29) is 0 Å². The number of benzene rings is 1. The fraction of sp³-hybridized carbons (Fsp3) is 0.0588. The second kappa shape index (κ2) is 7.09. The van der Waals surface area contributed by atoms with Gasteiger partial charge in [0.15, 0.2) is 0 Å². The van der Waals surface area contributed by atoms with Gasteiger partial charge in [-0.05, 0) is 35.7 Å². The minimum absolute atomic E-state index is 0.508. The zero-order valence-electron chi connectivity index (χ0n) is 12.3. The van der Waals surface area contributed by atoms with Crippen molar-refractivity contribution in [2.45, 2.75) is 0 Å². The summed E-state index contributed by atoms with van der Waals surface area (Å²) >= 11 is 3.10. The van der Waals surface area contributed by atoms with Gasteiger partial charge in [0, 0.05) is 17.3 Å². The Balaban J connectivity index is 1.78. The number of anilines is 1. The van der Waals surface area contributed by atoms with Gasteiger partial charge in [0.05, 0.1) is 17.7 Å². The minimum Gasteiger partial charge on any atom is -0.497 e. The van der Waals surface area contributed by atoms with Crippen LogP contribution in [0, 0.1) is 11.3 Å². The van der Waals surface area contributed by atoms with E-state index in [0.29, 0.717) is 10.6 Å². The molecule has 114 valence electrons. The van der Waals surface area contributed by atoms with Crippen LogP contribution in [0.15, 0.2) is 53.4 Å². The number of allylic oxidation sites excluding steroid dienone is 1. The largest absolute Gasteiger partial charge is 0.497 e. The number of thiazole rings is 1. The van der Waals surface area contributed by atoms with Gasteiger partial charge in [0.2, 0.25) is 0 Å². The van der Waals surface area contributed by atoms with Crippen LogP contribution >= 0.6 is 22.7 Å². The van der Waals surface area contributed by atoms with Crippen molar-refractivity contribution in [2.24, 2.45) is 0 Å². The van der Waals surface area contributed by atoms with E-state index in [1.807, 2.05) is 47.2 Å². The molecule has 0 radical (unpaired) electrons. The van der Waals surface area contributed by atoms with E-state index < -0.39 is 0 Å². The Morgan fingerprint density at radius 2 is 2.09 bits per heavy atom. The number of rotatable bonds is 5. The molecule has 0 unspecified atom stereocenters. The molecule has 2 heterocycles. The first-order chi connectivity index (χ1) is 11.3. The smallest absolute Gasteiger partial charge is 0.136 e. The summed E-state index contributed by atoms with van der Waals surface area (Å²) in [7, 11) is 1.63. The van der Waals surface area contributed by atoms with Gasteiger partial charge in [-0.2, -0.15) is 5.26 Å². The molecule has 0 aliphatic rings. The lowest BCUT2D eigenvalue weighted by Crippen LogP contribution is -1.91. The molecule has 0 aliphatic carbocycles. The van der Waals surface area contributed by atoms with Crippen LogP contribution in [0.1, 0.15) is 5.01 Å². The summed E-state index contributed by atoms with van der Waals surface area (Å²) < 4.78 is 5.12. The summed E-state index contributed by atoms with van der Waals surface area (Å²) in [5.74, 6) is 0.792. The maximum absolute atomic E-state index is 9.37. The number of nitriles is 1. The molecule has 4 nitrogen and oxygen atoms in total. The van der Waals surface area contributed by atoms with Crippen LogP contribution in [0.4, 0.5) is 5.69 Å². The highest BCUT2D eigenvalue weighted by molar-refractivity contribution is 7.14. The third kappa shape index (κ3) is 3.59. The monoisotopic (exact) mass is 339 g/mol. The van der Waals surface area contributed by atoms with Gasteiger partial charge in [-0.3, -0.25) is 0 Å². The molecular formula is C17H13N3OS2. The zero-order valence-corrected chi connectivity index (χ0v) is 13.9. The highest BCUT2D eigenvalue weighted by Crippen LogP contribution is 2.29. The van der Waals surface area contributed by atoms with Crippen molar-refractivity contribution in [1.29, 1.82) is 5.26 Å². The Bertz CT molecular complexity index is 843. The summed E-state index contributed by atoms with van der Waals surface area (Å²) in [5, 5.41) is 17.2. The molecule has 3 aromatic rings. The number of nitrogens with zero attached hydrogens (tertiary/aromatic N) is 2. The maximum Gasteiger partial charge on any atom is 0.136 e. The number of methoxy groups -OCH3 is 1. The molecule has 1 aromatic carbocycles. The zero-order chi connectivity index (χ0) is 16.1. The van der Waals surface area contributed by atoms with Gasteiger partial charge in [0.25, 0.3) is 0 Å². The predicted molar refractivity (Wildman–Crippen MR) is 95.6 cm³/mol. The SMILES string of the molecule is COc1ccc(N/C=C(/C#N)c2nc(-c3cccs3)cs2)cc1. The van der Waals surface area contributed by atoms with Crippen molar-refractivity contribution in [3.05, 3.63) is 58.4 Å². The van der Waals surface area contributed by atoms with E-state index in [1.54, 1.807) is 24.6 Å². The second-order valence-electron chi connectivity index (χ2n) is 4.56. The van der Waals surface area contributed by atoms with Gasteiger partial charge >= 0.3 is 0 Å². The third-order valence-corrected chi connectivity index (χ3v) is 4.87. The molecule has 0 fully saturated rings. The number of hydrogen-bond acceptors (Lipinski definition) is 6. The van der Waals surface area contributed by atoms with Crippen LogP contribution in [0.3, 0.4) is 0 Å². The van der Waals surface area contributed by atoms with Gasteiger partial charge in [-0.25, -0.2) is 4.98 Å². The number of thiophene rings is 1. The molecule has 6 heteroatoms. The quantitative estimate of drug-likeness (QED) is 0.675. The van der Waals surface area contributed by atoms with Gasteiger partial charge in [-0.1, -0.05) is 6.07 Å². The highest BCUT2D eigenvalue weighted by Gasteiger charge is 2.09. The van der Waals surface area contributed by atoms with Crippen LogP contribution in [0.25, 0.3) is 16.1 Å². The van der Waals surface area contributed by atoms with E-state index in [0.717, 1.165) is 22.0 Å². The molecule has 0 saturated heterocycles. The predicted octanol–water partition coefficient (Wildman–Crippen LogP) is 4.86. The van der Waals surface area contributed by atoms with Crippen LogP contribution in [-0.2, 0) is 0 Å². The number of ether oxygens (including phenoxy) is 1. The van der Waals surface area contributed by atoms with Gasteiger partial charge < -0.3 is 10.1 Å². The average molecular weight is 339 g/mol. The van der Waals surface area contributed by atoms with Crippen molar-refractivity contribution in [2.75, 3.05) is 12.4 Å². The maximum atomic E-state index is 9.37. The molecular weight excluding hydrogens is 326 g/mol. The van der Waals surface area contributed by atoms with Gasteiger partial charge in [0.1, 0.15) is 22.4 Å². The van der Waals surface area contributed by atoms with Crippen molar-refractivity contribution in [1.82, 2.24) is 4.98 Å². The lowest BCUT2D eigenvalue weighted by atomic mass is 10.3. The molecule has 0 spiro atoms. The van der Waals surface area contributed by atoms with Crippen molar-refractivity contribution in [3.8, 4) is 22.4 Å². The van der Waals surface area contributed by atoms with Gasteiger partial charge in [-0.15, -0.1) is 22.7 Å². The summed E-state index contributed by atoms with van der Waals surface area (Å²) in [5.41, 5.74) is 2.30. The molecule has 0 bridgehead atoms. The summed E-state index contributed by atoms with van der Waals surface area (Å²) in [6, 6.07) is 13.7. The van der Waals surface area contributed by atoms with Crippen LogP contribution in [-0.4, -0.2) is 12.1 Å². The highest BCUT2D eigenvalue weighted by atomic mass is 32.1. The van der Waals surface area contributed by atoms with E-state index in [1.165, 1.54) is 11.3 Å². The summed E-state index contributed by atoms with van der Waals surface area (Å²) in [4.78, 5) is 5.65. The van der Waals surface area contributed by atoms with Crippen LogP contribution in [0.2, 0.25) is 0 Å². The molecule has 1 N–H and O–H groups in total. The molecule has 0 amide bonds. The first kappa shape index (κ1) is 15.3. The van der Waals surface area contributed by atoms with E-state index in [9.17, 15) is 5.26 Å². The fourth-order valence-electron chi connectivity index (χ4n) is 1.92. The molecule has 0 atom stereocenters. The average Bonchev–Trinajstić information content (AvgIpc) is 3.27. The minimum atomic E-state index is 0.508. The normalized spacial score (nSPS) is 11.0. The Kier molecular flexibility index (Phi) is 4.71. The lowest BCUT2D eigenvalue weighted by Gasteiger charge is -2.03. The topological polar surface area (TPSA) is 57.9 Å². The summed E-state index contributed by atoms with van der Waals surface area (Å²) in [6.45, 7) is 0. The van der Waals surface area contributed by atoms with Crippen LogP contribution < -0.4 is 10.1 Å². The number of hydrogen-bond donors (Lipinski definition) is 1. The van der Waals surface area contributed by atoms with Crippen molar-refractivity contribution >= 4 is 33.9 Å². The molecule has 2 aromatic heterocycles. The van der Waals surface area contributed by atoms with E-state index >= 15 is 0 Å².